The third-order valence-corrected chi connectivity index (χ3v) is 5.20. The van der Waals surface area contributed by atoms with Crippen molar-refractivity contribution >= 4 is 5.57 Å². The van der Waals surface area contributed by atoms with Crippen molar-refractivity contribution in [3.63, 3.8) is 0 Å². The van der Waals surface area contributed by atoms with Gasteiger partial charge < -0.3 is 0 Å². The molecule has 22 heavy (non-hydrogen) atoms. The van der Waals surface area contributed by atoms with Gasteiger partial charge in [-0.3, -0.25) is 0 Å². The first-order valence-corrected chi connectivity index (χ1v) is 8.21. The average Bonchev–Trinajstić information content (AvgIpc) is 2.77. The van der Waals surface area contributed by atoms with Crippen LogP contribution in [0.25, 0.3) is 16.7 Å². The molecular formula is C22H22. The molecule has 0 saturated heterocycles. The van der Waals surface area contributed by atoms with Crippen LogP contribution in [0.3, 0.4) is 0 Å². The summed E-state index contributed by atoms with van der Waals surface area (Å²) < 4.78 is 0. The zero-order valence-electron chi connectivity index (χ0n) is 13.6. The van der Waals surface area contributed by atoms with Crippen LogP contribution in [0.5, 0.6) is 0 Å². The van der Waals surface area contributed by atoms with E-state index in [0.29, 0.717) is 0 Å². The Morgan fingerprint density at radius 2 is 1.59 bits per heavy atom. The van der Waals surface area contributed by atoms with Crippen molar-refractivity contribution in [2.75, 3.05) is 0 Å². The number of rotatable bonds is 1. The van der Waals surface area contributed by atoms with E-state index in [1.165, 1.54) is 45.4 Å². The number of benzene rings is 2. The van der Waals surface area contributed by atoms with E-state index < -0.39 is 0 Å². The van der Waals surface area contributed by atoms with Crippen LogP contribution < -0.4 is 0 Å². The van der Waals surface area contributed by atoms with Crippen molar-refractivity contribution in [2.24, 2.45) is 0 Å². The van der Waals surface area contributed by atoms with Gasteiger partial charge in [-0.15, -0.1) is 0 Å². The molecule has 2 aliphatic rings. The van der Waals surface area contributed by atoms with Crippen molar-refractivity contribution in [3.05, 3.63) is 76.9 Å². The minimum absolute atomic E-state index is 0.127. The van der Waals surface area contributed by atoms with Crippen molar-refractivity contribution in [2.45, 2.75) is 39.0 Å². The maximum atomic E-state index is 2.45. The second kappa shape index (κ2) is 4.71. The summed E-state index contributed by atoms with van der Waals surface area (Å²) in [5, 5.41) is 0. The first-order chi connectivity index (χ1) is 10.6. The summed E-state index contributed by atoms with van der Waals surface area (Å²) in [6, 6.07) is 15.7. The van der Waals surface area contributed by atoms with Gasteiger partial charge in [0.05, 0.1) is 0 Å². The Labute approximate surface area is 133 Å². The fourth-order valence-electron chi connectivity index (χ4n) is 3.99. The van der Waals surface area contributed by atoms with Gasteiger partial charge >= 0.3 is 0 Å². The molecule has 0 fully saturated rings. The Morgan fingerprint density at radius 3 is 2.36 bits per heavy atom. The van der Waals surface area contributed by atoms with E-state index in [2.05, 4.69) is 75.4 Å². The Bertz CT molecular complexity index is 798. The van der Waals surface area contributed by atoms with E-state index in [0.717, 1.165) is 6.42 Å². The number of fused-ring (bicyclic) bond motifs is 3. The summed E-state index contributed by atoms with van der Waals surface area (Å²) in [4.78, 5) is 0. The quantitative estimate of drug-likeness (QED) is 0.598. The van der Waals surface area contributed by atoms with E-state index >= 15 is 0 Å². The minimum atomic E-state index is 0.127. The molecular weight excluding hydrogens is 264 g/mol. The summed E-state index contributed by atoms with van der Waals surface area (Å²) >= 11 is 0. The average molecular weight is 286 g/mol. The highest BCUT2D eigenvalue weighted by Crippen LogP contribution is 2.53. The Morgan fingerprint density at radius 1 is 0.864 bits per heavy atom. The van der Waals surface area contributed by atoms with E-state index in [1.54, 1.807) is 0 Å². The minimum Gasteiger partial charge on any atom is -0.0795 e. The van der Waals surface area contributed by atoms with Crippen LogP contribution >= 0.6 is 0 Å². The third kappa shape index (κ3) is 1.83. The molecule has 4 rings (SSSR count). The molecule has 0 heterocycles. The first kappa shape index (κ1) is 13.6. The zero-order valence-corrected chi connectivity index (χ0v) is 13.6. The fraction of sp³-hybridized carbons (Fsp3) is 0.273. The third-order valence-electron chi connectivity index (χ3n) is 5.20. The smallest absolute Gasteiger partial charge is 0.0155 e. The first-order valence-electron chi connectivity index (χ1n) is 8.21. The summed E-state index contributed by atoms with van der Waals surface area (Å²) in [6.45, 7) is 6.87. The number of aryl methyl sites for hydroxylation is 1. The van der Waals surface area contributed by atoms with Gasteiger partial charge in [0.2, 0.25) is 0 Å². The molecule has 0 spiro atoms. The lowest BCUT2D eigenvalue weighted by molar-refractivity contribution is 0.654. The van der Waals surface area contributed by atoms with Crippen molar-refractivity contribution in [1.82, 2.24) is 0 Å². The summed E-state index contributed by atoms with van der Waals surface area (Å²) in [7, 11) is 0. The van der Waals surface area contributed by atoms with Crippen LogP contribution in [-0.4, -0.2) is 0 Å². The standard InChI is InChI=1S/C22H22/c1-15-11-13-16(14-12-15)17-8-6-10-20-21(17)18-7-4-5-9-19(18)22(20,2)3/h6-14H,4-5H2,1-3H3. The lowest BCUT2D eigenvalue weighted by Crippen LogP contribution is -2.15. The predicted molar refractivity (Wildman–Crippen MR) is 94.9 cm³/mol. The molecule has 110 valence electrons. The Hall–Kier alpha value is -2.08. The summed E-state index contributed by atoms with van der Waals surface area (Å²) in [5.41, 5.74) is 10.1. The molecule has 2 aromatic rings. The highest BCUT2D eigenvalue weighted by Gasteiger charge is 2.39. The molecule has 2 aromatic carbocycles. The van der Waals surface area contributed by atoms with Crippen LogP contribution in [0, 0.1) is 6.92 Å². The van der Waals surface area contributed by atoms with Crippen LogP contribution in [0.1, 0.15) is 43.4 Å². The maximum absolute atomic E-state index is 2.45. The summed E-state index contributed by atoms with van der Waals surface area (Å²) in [5.74, 6) is 0. The molecule has 2 aliphatic carbocycles. The van der Waals surface area contributed by atoms with E-state index in [-0.39, 0.29) is 5.41 Å². The number of allylic oxidation sites excluding steroid dienone is 4. The molecule has 0 N–H and O–H groups in total. The van der Waals surface area contributed by atoms with E-state index in [1.807, 2.05) is 0 Å². The largest absolute Gasteiger partial charge is 0.0795 e. The van der Waals surface area contributed by atoms with Crippen molar-refractivity contribution in [3.8, 4) is 11.1 Å². The SMILES string of the molecule is Cc1ccc(-c2cccc3c2C2=CCCC=C2C3(C)C)cc1. The molecule has 0 amide bonds. The molecule has 0 heteroatoms. The van der Waals surface area contributed by atoms with Gasteiger partial charge in [0, 0.05) is 5.41 Å². The Balaban J connectivity index is 1.99. The molecule has 0 nitrogen and oxygen atoms in total. The van der Waals surface area contributed by atoms with Crippen LogP contribution in [0.15, 0.2) is 60.2 Å². The van der Waals surface area contributed by atoms with Gasteiger partial charge in [0.1, 0.15) is 0 Å². The van der Waals surface area contributed by atoms with Gasteiger partial charge in [-0.1, -0.05) is 74.0 Å². The number of hydrogen-bond acceptors (Lipinski definition) is 0. The van der Waals surface area contributed by atoms with Crippen molar-refractivity contribution < 1.29 is 0 Å². The molecule has 0 radical (unpaired) electrons. The fourth-order valence-corrected chi connectivity index (χ4v) is 3.99. The monoisotopic (exact) mass is 286 g/mol. The van der Waals surface area contributed by atoms with Gasteiger partial charge in [-0.05, 0) is 53.2 Å². The van der Waals surface area contributed by atoms with Crippen LogP contribution in [0.4, 0.5) is 0 Å². The molecule has 0 saturated carbocycles. The summed E-state index contributed by atoms with van der Waals surface area (Å²) in [6.07, 6.45) is 7.24. The molecule has 0 aromatic heterocycles. The van der Waals surface area contributed by atoms with Gasteiger partial charge in [0.25, 0.3) is 0 Å². The van der Waals surface area contributed by atoms with Crippen LogP contribution in [-0.2, 0) is 5.41 Å². The normalized spacial score (nSPS) is 18.3. The zero-order chi connectivity index (χ0) is 15.3. The molecule has 0 atom stereocenters. The predicted octanol–water partition coefficient (Wildman–Crippen LogP) is 6.06. The molecule has 0 bridgehead atoms. The van der Waals surface area contributed by atoms with Crippen LogP contribution in [0.2, 0.25) is 0 Å². The molecule has 0 aliphatic heterocycles. The second-order valence-corrected chi connectivity index (χ2v) is 7.03. The van der Waals surface area contributed by atoms with E-state index in [9.17, 15) is 0 Å². The highest BCUT2D eigenvalue weighted by atomic mass is 14.4. The number of hydrogen-bond donors (Lipinski definition) is 0. The van der Waals surface area contributed by atoms with Gasteiger partial charge in [0.15, 0.2) is 0 Å². The molecule has 0 unspecified atom stereocenters. The maximum Gasteiger partial charge on any atom is 0.0155 e. The second-order valence-electron chi connectivity index (χ2n) is 7.03. The van der Waals surface area contributed by atoms with Gasteiger partial charge in [-0.25, -0.2) is 0 Å². The topological polar surface area (TPSA) is 0 Å². The van der Waals surface area contributed by atoms with Crippen molar-refractivity contribution in [1.29, 1.82) is 0 Å². The lowest BCUT2D eigenvalue weighted by Gasteiger charge is -2.23. The van der Waals surface area contributed by atoms with E-state index in [4.69, 9.17) is 0 Å². The van der Waals surface area contributed by atoms with Gasteiger partial charge in [-0.2, -0.15) is 0 Å². The Kier molecular flexibility index (Phi) is 2.91. The lowest BCUT2D eigenvalue weighted by atomic mass is 9.80. The highest BCUT2D eigenvalue weighted by molar-refractivity contribution is 5.96.